The predicted molar refractivity (Wildman–Crippen MR) is 136 cm³/mol. The standard InChI is InChI=1S/C25H35N3O6S/c1-7-21(25(30)26-18(2)3)27(16-19-11-9-8-10-12-19)24(29)17-28(35(6,31)32)20-13-14-22(33-4)23(15-20)34-5/h8-15,18,21H,7,16-17H2,1-6H3,(H,26,30). The van der Waals surface area contributed by atoms with Gasteiger partial charge in [-0.05, 0) is 38.0 Å². The lowest BCUT2D eigenvalue weighted by Crippen LogP contribution is -2.53. The Labute approximate surface area is 208 Å². The molecular formula is C25H35N3O6S. The molecule has 0 bridgehead atoms. The van der Waals surface area contributed by atoms with Crippen molar-refractivity contribution in [1.82, 2.24) is 10.2 Å². The molecule has 2 aromatic carbocycles. The molecule has 0 aliphatic carbocycles. The molecule has 0 fully saturated rings. The van der Waals surface area contributed by atoms with Gasteiger partial charge in [0.2, 0.25) is 21.8 Å². The van der Waals surface area contributed by atoms with Crippen molar-refractivity contribution in [2.24, 2.45) is 0 Å². The SMILES string of the molecule is CCC(C(=O)NC(C)C)N(Cc1ccccc1)C(=O)CN(c1ccc(OC)c(OC)c1)S(C)(=O)=O. The number of ether oxygens (including phenoxy) is 2. The van der Waals surface area contributed by atoms with Crippen LogP contribution < -0.4 is 19.1 Å². The van der Waals surface area contributed by atoms with Crippen LogP contribution >= 0.6 is 0 Å². The zero-order valence-corrected chi connectivity index (χ0v) is 22.0. The first-order valence-electron chi connectivity index (χ1n) is 11.3. The van der Waals surface area contributed by atoms with Gasteiger partial charge in [0.15, 0.2) is 11.5 Å². The van der Waals surface area contributed by atoms with Crippen molar-refractivity contribution in [3.63, 3.8) is 0 Å². The lowest BCUT2D eigenvalue weighted by atomic mass is 10.1. The number of hydrogen-bond donors (Lipinski definition) is 1. The van der Waals surface area contributed by atoms with E-state index < -0.39 is 28.5 Å². The van der Waals surface area contributed by atoms with Crippen LogP contribution in [-0.4, -0.2) is 64.2 Å². The fourth-order valence-corrected chi connectivity index (χ4v) is 4.52. The van der Waals surface area contributed by atoms with E-state index in [1.54, 1.807) is 12.1 Å². The minimum atomic E-state index is -3.85. The Bertz CT molecular complexity index is 1110. The van der Waals surface area contributed by atoms with Crippen LogP contribution in [0.2, 0.25) is 0 Å². The summed E-state index contributed by atoms with van der Waals surface area (Å²) < 4.78 is 37.0. The first-order valence-corrected chi connectivity index (χ1v) is 13.2. The Morgan fingerprint density at radius 1 is 1.00 bits per heavy atom. The summed E-state index contributed by atoms with van der Waals surface area (Å²) in [5, 5.41) is 2.86. The molecule has 35 heavy (non-hydrogen) atoms. The number of nitrogens with zero attached hydrogens (tertiary/aromatic N) is 2. The topological polar surface area (TPSA) is 105 Å². The van der Waals surface area contributed by atoms with Crippen molar-refractivity contribution < 1.29 is 27.5 Å². The van der Waals surface area contributed by atoms with E-state index in [-0.39, 0.29) is 24.2 Å². The van der Waals surface area contributed by atoms with Gasteiger partial charge < -0.3 is 19.7 Å². The Kier molecular flexibility index (Phi) is 9.94. The lowest BCUT2D eigenvalue weighted by molar-refractivity contribution is -0.140. The third-order valence-corrected chi connectivity index (χ3v) is 6.49. The molecule has 0 radical (unpaired) electrons. The molecule has 1 unspecified atom stereocenters. The van der Waals surface area contributed by atoms with Crippen LogP contribution in [0.25, 0.3) is 0 Å². The maximum Gasteiger partial charge on any atom is 0.244 e. The van der Waals surface area contributed by atoms with E-state index in [2.05, 4.69) is 5.32 Å². The number of nitrogens with one attached hydrogen (secondary N) is 1. The average Bonchev–Trinajstić information content (AvgIpc) is 2.81. The molecule has 0 saturated heterocycles. The van der Waals surface area contributed by atoms with Crippen LogP contribution in [0, 0.1) is 0 Å². The van der Waals surface area contributed by atoms with Gasteiger partial charge in [0.1, 0.15) is 12.6 Å². The number of anilines is 1. The number of benzene rings is 2. The second-order valence-corrected chi connectivity index (χ2v) is 10.3. The molecule has 0 aliphatic heterocycles. The normalized spacial score (nSPS) is 12.1. The summed E-state index contributed by atoms with van der Waals surface area (Å²) in [6.07, 6.45) is 1.40. The lowest BCUT2D eigenvalue weighted by Gasteiger charge is -2.33. The number of sulfonamides is 1. The van der Waals surface area contributed by atoms with E-state index in [0.29, 0.717) is 17.9 Å². The number of rotatable bonds is 12. The fraction of sp³-hybridized carbons (Fsp3) is 0.440. The number of methoxy groups -OCH3 is 2. The van der Waals surface area contributed by atoms with Crippen molar-refractivity contribution in [2.45, 2.75) is 45.8 Å². The number of carbonyl (C=O) groups excluding carboxylic acids is 2. The maximum absolute atomic E-state index is 13.6. The Morgan fingerprint density at radius 3 is 2.14 bits per heavy atom. The molecule has 2 amide bonds. The smallest absolute Gasteiger partial charge is 0.244 e. The molecule has 0 spiro atoms. The Morgan fingerprint density at radius 2 is 1.63 bits per heavy atom. The van der Waals surface area contributed by atoms with Crippen LogP contribution in [0.1, 0.15) is 32.8 Å². The monoisotopic (exact) mass is 505 g/mol. The van der Waals surface area contributed by atoms with Crippen molar-refractivity contribution >= 4 is 27.5 Å². The van der Waals surface area contributed by atoms with Gasteiger partial charge in [-0.25, -0.2) is 8.42 Å². The summed E-state index contributed by atoms with van der Waals surface area (Å²) in [7, 11) is -0.928. The van der Waals surface area contributed by atoms with Crippen molar-refractivity contribution in [3.05, 3.63) is 54.1 Å². The molecule has 2 rings (SSSR count). The molecule has 10 heteroatoms. The predicted octanol–water partition coefficient (Wildman–Crippen LogP) is 2.80. The highest BCUT2D eigenvalue weighted by Crippen LogP contribution is 2.32. The van der Waals surface area contributed by atoms with Crippen LogP contribution in [0.5, 0.6) is 11.5 Å². The van der Waals surface area contributed by atoms with E-state index in [0.717, 1.165) is 16.1 Å². The van der Waals surface area contributed by atoms with Crippen molar-refractivity contribution in [1.29, 1.82) is 0 Å². The fourth-order valence-electron chi connectivity index (χ4n) is 3.67. The highest BCUT2D eigenvalue weighted by Gasteiger charge is 2.32. The zero-order valence-electron chi connectivity index (χ0n) is 21.1. The third kappa shape index (κ3) is 7.61. The average molecular weight is 506 g/mol. The quantitative estimate of drug-likeness (QED) is 0.476. The molecule has 0 aliphatic rings. The van der Waals surface area contributed by atoms with Gasteiger partial charge >= 0.3 is 0 Å². The van der Waals surface area contributed by atoms with Gasteiger partial charge in [-0.15, -0.1) is 0 Å². The van der Waals surface area contributed by atoms with Crippen LogP contribution in [0.4, 0.5) is 5.69 Å². The summed E-state index contributed by atoms with van der Waals surface area (Å²) >= 11 is 0. The number of hydrogen-bond acceptors (Lipinski definition) is 6. The van der Waals surface area contributed by atoms with E-state index in [1.807, 2.05) is 51.1 Å². The molecule has 1 atom stereocenters. The largest absolute Gasteiger partial charge is 0.493 e. The van der Waals surface area contributed by atoms with Gasteiger partial charge in [-0.3, -0.25) is 13.9 Å². The zero-order chi connectivity index (χ0) is 26.2. The molecule has 2 aromatic rings. The summed E-state index contributed by atoms with van der Waals surface area (Å²) in [5.41, 5.74) is 1.08. The second-order valence-electron chi connectivity index (χ2n) is 8.40. The number of carbonyl (C=O) groups is 2. The highest BCUT2D eigenvalue weighted by atomic mass is 32.2. The molecule has 0 heterocycles. The van der Waals surface area contributed by atoms with E-state index in [4.69, 9.17) is 9.47 Å². The molecule has 1 N–H and O–H groups in total. The third-order valence-electron chi connectivity index (χ3n) is 5.35. The van der Waals surface area contributed by atoms with E-state index in [9.17, 15) is 18.0 Å². The van der Waals surface area contributed by atoms with Crippen molar-refractivity contribution in [3.8, 4) is 11.5 Å². The highest BCUT2D eigenvalue weighted by molar-refractivity contribution is 7.92. The van der Waals surface area contributed by atoms with E-state index >= 15 is 0 Å². The molecule has 9 nitrogen and oxygen atoms in total. The van der Waals surface area contributed by atoms with Crippen molar-refractivity contribution in [2.75, 3.05) is 31.3 Å². The van der Waals surface area contributed by atoms with Crippen LogP contribution in [-0.2, 0) is 26.2 Å². The van der Waals surface area contributed by atoms with Crippen LogP contribution in [0.3, 0.4) is 0 Å². The molecule has 0 saturated carbocycles. The van der Waals surface area contributed by atoms with Crippen LogP contribution in [0.15, 0.2) is 48.5 Å². The Balaban J connectivity index is 2.46. The van der Waals surface area contributed by atoms with Gasteiger partial charge in [0.25, 0.3) is 0 Å². The number of amides is 2. The molecule has 192 valence electrons. The van der Waals surface area contributed by atoms with Gasteiger partial charge in [0, 0.05) is 18.7 Å². The van der Waals surface area contributed by atoms with Gasteiger partial charge in [-0.1, -0.05) is 37.3 Å². The van der Waals surface area contributed by atoms with E-state index in [1.165, 1.54) is 25.2 Å². The summed E-state index contributed by atoms with van der Waals surface area (Å²) in [6, 6.07) is 13.0. The minimum absolute atomic E-state index is 0.107. The minimum Gasteiger partial charge on any atom is -0.493 e. The summed E-state index contributed by atoms with van der Waals surface area (Å²) in [5.74, 6) is -0.0308. The Hall–Kier alpha value is -3.27. The second kappa shape index (κ2) is 12.4. The molecular weight excluding hydrogens is 470 g/mol. The first-order chi connectivity index (χ1) is 16.5. The summed E-state index contributed by atoms with van der Waals surface area (Å²) in [6.45, 7) is 5.19. The van der Waals surface area contributed by atoms with Gasteiger partial charge in [-0.2, -0.15) is 0 Å². The first kappa shape index (κ1) is 28.0. The summed E-state index contributed by atoms with van der Waals surface area (Å²) in [4.78, 5) is 28.0. The molecule has 0 aromatic heterocycles. The van der Waals surface area contributed by atoms with Gasteiger partial charge in [0.05, 0.1) is 26.2 Å². The maximum atomic E-state index is 13.6.